The highest BCUT2D eigenvalue weighted by molar-refractivity contribution is 7.81. The molecule has 0 bridgehead atoms. The van der Waals surface area contributed by atoms with Crippen LogP contribution in [0, 0.1) is 45.3 Å². The number of hydrogen-bond acceptors (Lipinski definition) is 7. The Bertz CT molecular complexity index is 1680. The quantitative estimate of drug-likeness (QED) is 0.194. The molecule has 0 unspecified atom stereocenters. The number of rotatable bonds is 7. The molecule has 9 atom stereocenters. The van der Waals surface area contributed by atoms with Gasteiger partial charge < -0.3 is 13.5 Å². The summed E-state index contributed by atoms with van der Waals surface area (Å²) in [5.74, 6) is 1.10. The van der Waals surface area contributed by atoms with Crippen molar-refractivity contribution in [2.75, 3.05) is 0 Å². The lowest BCUT2D eigenvalue weighted by Gasteiger charge is -2.68. The molecule has 47 heavy (non-hydrogen) atoms. The summed E-state index contributed by atoms with van der Waals surface area (Å²) in [6.45, 7) is 16.3. The summed E-state index contributed by atoms with van der Waals surface area (Å²) in [6.07, 6.45) is 12.0. The van der Waals surface area contributed by atoms with E-state index in [2.05, 4.69) is 54.5 Å². The number of aliphatic hydroxyl groups excluding tert-OH is 1. The topological polar surface area (TPSA) is 147 Å². The highest BCUT2D eigenvalue weighted by Crippen LogP contribution is 2.74. The van der Waals surface area contributed by atoms with Gasteiger partial charge in [0.2, 0.25) is 0 Å². The van der Waals surface area contributed by atoms with Gasteiger partial charge in [0, 0.05) is 16.5 Å². The van der Waals surface area contributed by atoms with Gasteiger partial charge in [-0.3, -0.25) is 9.11 Å². The van der Waals surface area contributed by atoms with Crippen LogP contribution in [0.1, 0.15) is 124 Å². The molecule has 0 spiro atoms. The van der Waals surface area contributed by atoms with Gasteiger partial charge >= 0.3 is 20.8 Å². The molecule has 0 amide bonds. The van der Waals surface area contributed by atoms with Crippen molar-refractivity contribution >= 4 is 20.8 Å². The fourth-order valence-electron chi connectivity index (χ4n) is 12.6. The monoisotopic (exact) mass is 694 g/mol. The molecule has 0 aromatic heterocycles. The normalized spacial score (nSPS) is 41.1. The van der Waals surface area contributed by atoms with Crippen LogP contribution < -0.4 is 8.37 Å². The van der Waals surface area contributed by atoms with Crippen molar-refractivity contribution in [1.29, 1.82) is 0 Å². The first-order chi connectivity index (χ1) is 21.6. The summed E-state index contributed by atoms with van der Waals surface area (Å²) in [4.78, 5) is 0. The third-order valence-electron chi connectivity index (χ3n) is 14.7. The first kappa shape index (κ1) is 35.2. The predicted octanol–water partition coefficient (Wildman–Crippen LogP) is 7.64. The molecule has 3 fully saturated rings. The second-order valence-electron chi connectivity index (χ2n) is 17.4. The number of benzene rings is 1. The lowest BCUT2D eigenvalue weighted by molar-refractivity contribution is -0.208. The highest BCUT2D eigenvalue weighted by Gasteiger charge is 2.68. The lowest BCUT2D eigenvalue weighted by Crippen LogP contribution is -2.63. The van der Waals surface area contributed by atoms with E-state index in [1.54, 1.807) is 0 Å². The minimum Gasteiger partial charge on any atom is -0.393 e. The van der Waals surface area contributed by atoms with Gasteiger partial charge in [-0.25, -0.2) is 0 Å². The Morgan fingerprint density at radius 1 is 0.787 bits per heavy atom. The van der Waals surface area contributed by atoms with Crippen LogP contribution in [0.5, 0.6) is 11.5 Å². The summed E-state index contributed by atoms with van der Waals surface area (Å²) in [6, 6.07) is 2.58. The summed E-state index contributed by atoms with van der Waals surface area (Å²) < 4.78 is 76.8. The summed E-state index contributed by atoms with van der Waals surface area (Å²) >= 11 is 0. The van der Waals surface area contributed by atoms with Crippen LogP contribution in [0.3, 0.4) is 0 Å². The van der Waals surface area contributed by atoms with Crippen LogP contribution in [-0.2, 0) is 32.6 Å². The Morgan fingerprint density at radius 3 is 2.00 bits per heavy atom. The molecule has 5 aliphatic rings. The molecule has 5 aliphatic carbocycles. The average molecular weight is 695 g/mol. The van der Waals surface area contributed by atoms with Crippen molar-refractivity contribution in [3.8, 4) is 11.5 Å². The first-order valence-corrected chi connectivity index (χ1v) is 20.1. The molecule has 0 radical (unpaired) electrons. The SMILES string of the molecule is CC1=CCCC(C)(C)[C@@H]1CC[C@@]1(C)[C@@H]2CC[C@]3(C)[C@H](CC[C@]4(C)c5c(OS(=O)(=O)O)ccc(OS(=O)(=O)O)c5C[C@@H]34)[C@@]2(C)CC[C@@H]1O. The van der Waals surface area contributed by atoms with Gasteiger partial charge in [-0.2, -0.15) is 16.8 Å². The molecule has 0 heterocycles. The molecule has 264 valence electrons. The van der Waals surface area contributed by atoms with Crippen LogP contribution in [0.4, 0.5) is 0 Å². The molecule has 3 saturated carbocycles. The lowest BCUT2D eigenvalue weighted by atomic mass is 9.36. The van der Waals surface area contributed by atoms with E-state index in [9.17, 15) is 31.0 Å². The van der Waals surface area contributed by atoms with E-state index in [4.69, 9.17) is 8.37 Å². The Hall–Kier alpha value is -1.66. The van der Waals surface area contributed by atoms with E-state index in [1.165, 1.54) is 24.1 Å². The van der Waals surface area contributed by atoms with E-state index >= 15 is 0 Å². The summed E-state index contributed by atoms with van der Waals surface area (Å²) in [5, 5.41) is 11.7. The molecule has 6 rings (SSSR count). The average Bonchev–Trinajstić information content (AvgIpc) is 3.25. The maximum Gasteiger partial charge on any atom is 0.446 e. The minimum atomic E-state index is -4.85. The van der Waals surface area contributed by atoms with E-state index in [0.29, 0.717) is 41.7 Å². The molecular formula is C36H54O9S2. The number of aliphatic hydroxyl groups is 1. The van der Waals surface area contributed by atoms with Gasteiger partial charge in [-0.1, -0.05) is 53.2 Å². The maximum absolute atomic E-state index is 11.9. The largest absolute Gasteiger partial charge is 0.446 e. The van der Waals surface area contributed by atoms with Gasteiger partial charge in [0.1, 0.15) is 11.5 Å². The highest BCUT2D eigenvalue weighted by atomic mass is 32.3. The standard InChI is InChI=1S/C36H54O9S2/c1-22-9-8-16-32(2,3)24(22)12-17-35(6)28-13-18-34(5)27(33(28,4)20-15-30(35)37)14-19-36(7)29(34)21-23-25(44-46(38,39)40)10-11-26(31(23)36)45-47(41,42)43/h9-11,24,27-30,37H,8,12-21H2,1-7H3,(H,38,39,40)(H,41,42,43)/t24-,27-,28-,29+,30+,33-,34-,35+,36+/m1/s1. The fourth-order valence-corrected chi connectivity index (χ4v) is 13.4. The van der Waals surface area contributed by atoms with Crippen molar-refractivity contribution in [2.24, 2.45) is 45.3 Å². The van der Waals surface area contributed by atoms with Gasteiger partial charge in [0.15, 0.2) is 0 Å². The second kappa shape index (κ2) is 11.2. The maximum atomic E-state index is 11.9. The zero-order chi connectivity index (χ0) is 34.6. The first-order valence-electron chi connectivity index (χ1n) is 17.4. The zero-order valence-electron chi connectivity index (χ0n) is 29.0. The third kappa shape index (κ3) is 5.68. The summed E-state index contributed by atoms with van der Waals surface area (Å²) in [7, 11) is -9.70. The van der Waals surface area contributed by atoms with E-state index in [1.807, 2.05) is 0 Å². The van der Waals surface area contributed by atoms with Crippen molar-refractivity contribution < 1.29 is 39.4 Å². The number of fused-ring (bicyclic) bond motifs is 7. The Morgan fingerprint density at radius 2 is 1.36 bits per heavy atom. The number of hydrogen-bond donors (Lipinski definition) is 3. The summed E-state index contributed by atoms with van der Waals surface area (Å²) in [5.41, 5.74) is 1.73. The van der Waals surface area contributed by atoms with Gasteiger partial charge in [0.05, 0.1) is 6.10 Å². The van der Waals surface area contributed by atoms with E-state index < -0.39 is 26.2 Å². The van der Waals surface area contributed by atoms with Crippen LogP contribution in [0.25, 0.3) is 0 Å². The van der Waals surface area contributed by atoms with Crippen LogP contribution in [-0.4, -0.2) is 37.2 Å². The van der Waals surface area contributed by atoms with Crippen LogP contribution in [0.2, 0.25) is 0 Å². The Kier molecular flexibility index (Phi) is 8.36. The van der Waals surface area contributed by atoms with Crippen LogP contribution in [0.15, 0.2) is 23.8 Å². The molecule has 9 nitrogen and oxygen atoms in total. The van der Waals surface area contributed by atoms with Crippen molar-refractivity contribution in [2.45, 2.75) is 131 Å². The van der Waals surface area contributed by atoms with Crippen molar-refractivity contribution in [3.63, 3.8) is 0 Å². The molecule has 0 aliphatic heterocycles. The van der Waals surface area contributed by atoms with Gasteiger partial charge in [0.25, 0.3) is 0 Å². The van der Waals surface area contributed by atoms with Gasteiger partial charge in [-0.05, 0) is 135 Å². The van der Waals surface area contributed by atoms with E-state index in [0.717, 1.165) is 51.4 Å². The molecule has 1 aromatic rings. The van der Waals surface area contributed by atoms with E-state index in [-0.39, 0.29) is 45.2 Å². The fraction of sp³-hybridized carbons (Fsp3) is 0.778. The van der Waals surface area contributed by atoms with Gasteiger partial charge in [-0.15, -0.1) is 0 Å². The Balaban J connectivity index is 1.36. The molecule has 11 heteroatoms. The minimum absolute atomic E-state index is 0.00495. The smallest absolute Gasteiger partial charge is 0.393 e. The number of allylic oxidation sites excluding steroid dienone is 2. The third-order valence-corrected chi connectivity index (χ3v) is 15.5. The molecule has 1 aromatic carbocycles. The molecule has 0 saturated heterocycles. The van der Waals surface area contributed by atoms with Crippen LogP contribution >= 0.6 is 0 Å². The second-order valence-corrected chi connectivity index (χ2v) is 19.5. The predicted molar refractivity (Wildman–Crippen MR) is 180 cm³/mol. The molecular weight excluding hydrogens is 641 g/mol. The zero-order valence-corrected chi connectivity index (χ0v) is 30.6. The molecule has 3 N–H and O–H groups in total. The van der Waals surface area contributed by atoms with Crippen molar-refractivity contribution in [3.05, 3.63) is 34.9 Å². The van der Waals surface area contributed by atoms with Crippen molar-refractivity contribution in [1.82, 2.24) is 0 Å². The Labute approximate surface area is 281 Å².